The van der Waals surface area contributed by atoms with Gasteiger partial charge in [-0.1, -0.05) is 48.0 Å². The van der Waals surface area contributed by atoms with Crippen molar-refractivity contribution in [2.24, 2.45) is 0 Å². The summed E-state index contributed by atoms with van der Waals surface area (Å²) in [7, 11) is -3.61. The highest BCUT2D eigenvalue weighted by atomic mass is 32.2. The minimum Gasteiger partial charge on any atom is -0.235 e. The van der Waals surface area contributed by atoms with E-state index in [1.807, 2.05) is 37.3 Å². The van der Waals surface area contributed by atoms with Crippen LogP contribution in [-0.4, -0.2) is 18.4 Å². The van der Waals surface area contributed by atoms with Crippen LogP contribution in [0, 0.1) is 13.8 Å². The molecule has 3 rings (SSSR count). The molecule has 1 aromatic heterocycles. The van der Waals surface area contributed by atoms with Crippen LogP contribution in [0.4, 0.5) is 0 Å². The molecule has 0 atom stereocenters. The summed E-state index contributed by atoms with van der Waals surface area (Å²) in [6.45, 7) is 3.61. The number of hydrogen-bond acceptors (Lipinski definition) is 4. The summed E-state index contributed by atoms with van der Waals surface area (Å²) in [6.07, 6.45) is 1.39. The topological polar surface area (TPSA) is 59.9 Å². The van der Waals surface area contributed by atoms with Crippen LogP contribution in [-0.2, 0) is 9.84 Å². The van der Waals surface area contributed by atoms with Gasteiger partial charge in [0.15, 0.2) is 5.82 Å². The molecule has 0 spiro atoms. The standard InChI is InChI=1S/C18H16N2O2S/c1-13-8-10-16(11-9-13)23(21,22)17-12-19-18(20-14(17)2)15-6-4-3-5-7-15/h3-12H,1-2H3. The lowest BCUT2D eigenvalue weighted by Crippen LogP contribution is -2.07. The molecular formula is C18H16N2O2S. The highest BCUT2D eigenvalue weighted by Gasteiger charge is 2.21. The third-order valence-corrected chi connectivity index (χ3v) is 5.46. The Morgan fingerprint density at radius 2 is 1.52 bits per heavy atom. The van der Waals surface area contributed by atoms with E-state index in [9.17, 15) is 8.42 Å². The van der Waals surface area contributed by atoms with Gasteiger partial charge in [-0.25, -0.2) is 18.4 Å². The van der Waals surface area contributed by atoms with E-state index >= 15 is 0 Å². The molecule has 0 saturated heterocycles. The summed E-state index contributed by atoms with van der Waals surface area (Å²) >= 11 is 0. The molecule has 0 radical (unpaired) electrons. The summed E-state index contributed by atoms with van der Waals surface area (Å²) < 4.78 is 25.5. The number of nitrogens with zero attached hydrogens (tertiary/aromatic N) is 2. The Hall–Kier alpha value is -2.53. The summed E-state index contributed by atoms with van der Waals surface area (Å²) in [5.74, 6) is 0.519. The van der Waals surface area contributed by atoms with E-state index in [0.717, 1.165) is 11.1 Å². The Morgan fingerprint density at radius 3 is 2.13 bits per heavy atom. The predicted octanol–water partition coefficient (Wildman–Crippen LogP) is 3.59. The summed E-state index contributed by atoms with van der Waals surface area (Å²) in [5.41, 5.74) is 2.31. The zero-order valence-electron chi connectivity index (χ0n) is 12.9. The molecule has 116 valence electrons. The maximum absolute atomic E-state index is 12.7. The third kappa shape index (κ3) is 3.00. The van der Waals surface area contributed by atoms with Crippen LogP contribution in [0.15, 0.2) is 70.6 Å². The molecule has 0 N–H and O–H groups in total. The van der Waals surface area contributed by atoms with Crippen LogP contribution in [0.1, 0.15) is 11.3 Å². The van der Waals surface area contributed by atoms with Crippen molar-refractivity contribution in [1.82, 2.24) is 9.97 Å². The van der Waals surface area contributed by atoms with Crippen molar-refractivity contribution in [3.05, 3.63) is 72.1 Å². The van der Waals surface area contributed by atoms with Crippen molar-refractivity contribution < 1.29 is 8.42 Å². The molecule has 0 aliphatic carbocycles. The smallest absolute Gasteiger partial charge is 0.209 e. The minimum absolute atomic E-state index is 0.140. The van der Waals surface area contributed by atoms with Gasteiger partial charge in [-0.2, -0.15) is 0 Å². The van der Waals surface area contributed by atoms with Crippen LogP contribution in [0.2, 0.25) is 0 Å². The lowest BCUT2D eigenvalue weighted by Gasteiger charge is -2.09. The third-order valence-electron chi connectivity index (χ3n) is 3.59. The molecule has 1 heterocycles. The van der Waals surface area contributed by atoms with Crippen LogP contribution in [0.25, 0.3) is 11.4 Å². The first-order valence-electron chi connectivity index (χ1n) is 7.19. The summed E-state index contributed by atoms with van der Waals surface area (Å²) in [6, 6.07) is 16.3. The van der Waals surface area contributed by atoms with Crippen molar-refractivity contribution in [3.63, 3.8) is 0 Å². The first-order valence-corrected chi connectivity index (χ1v) is 8.67. The quantitative estimate of drug-likeness (QED) is 0.738. The zero-order valence-corrected chi connectivity index (χ0v) is 13.7. The number of aromatic nitrogens is 2. The minimum atomic E-state index is -3.61. The van der Waals surface area contributed by atoms with Gasteiger partial charge in [-0.3, -0.25) is 0 Å². The molecule has 0 saturated carbocycles. The first-order chi connectivity index (χ1) is 11.0. The van der Waals surface area contributed by atoms with Crippen molar-refractivity contribution in [2.45, 2.75) is 23.6 Å². The lowest BCUT2D eigenvalue weighted by molar-refractivity contribution is 0.594. The van der Waals surface area contributed by atoms with Gasteiger partial charge in [0, 0.05) is 5.56 Å². The molecule has 2 aromatic carbocycles. The fraction of sp³-hybridized carbons (Fsp3) is 0.111. The second-order valence-corrected chi connectivity index (χ2v) is 7.24. The SMILES string of the molecule is Cc1ccc(S(=O)(=O)c2cnc(-c3ccccc3)nc2C)cc1. The van der Waals surface area contributed by atoms with Gasteiger partial charge in [-0.05, 0) is 26.0 Å². The molecule has 0 fully saturated rings. The van der Waals surface area contributed by atoms with Crippen LogP contribution in [0.5, 0.6) is 0 Å². The lowest BCUT2D eigenvalue weighted by atomic mass is 10.2. The van der Waals surface area contributed by atoms with Crippen molar-refractivity contribution in [2.75, 3.05) is 0 Å². The average molecular weight is 324 g/mol. The number of sulfone groups is 1. The molecule has 0 unspecified atom stereocenters. The zero-order chi connectivity index (χ0) is 16.4. The first kappa shape index (κ1) is 15.4. The van der Waals surface area contributed by atoms with Gasteiger partial charge in [0.2, 0.25) is 9.84 Å². The maximum Gasteiger partial charge on any atom is 0.209 e. The normalized spacial score (nSPS) is 11.4. The van der Waals surface area contributed by atoms with Crippen molar-refractivity contribution in [3.8, 4) is 11.4 Å². The molecule has 0 aliphatic heterocycles. The fourth-order valence-electron chi connectivity index (χ4n) is 2.29. The molecule has 4 nitrogen and oxygen atoms in total. The second-order valence-electron chi connectivity index (χ2n) is 5.33. The van der Waals surface area contributed by atoms with Crippen molar-refractivity contribution in [1.29, 1.82) is 0 Å². The number of rotatable bonds is 3. The van der Waals surface area contributed by atoms with E-state index in [0.29, 0.717) is 11.5 Å². The summed E-state index contributed by atoms with van der Waals surface area (Å²) in [5, 5.41) is 0. The molecule has 3 aromatic rings. The number of benzene rings is 2. The highest BCUT2D eigenvalue weighted by Crippen LogP contribution is 2.24. The van der Waals surface area contributed by atoms with Gasteiger partial charge < -0.3 is 0 Å². The van der Waals surface area contributed by atoms with Gasteiger partial charge in [0.05, 0.1) is 16.8 Å². The molecular weight excluding hydrogens is 308 g/mol. The second kappa shape index (κ2) is 5.93. The van der Waals surface area contributed by atoms with E-state index in [4.69, 9.17) is 0 Å². The highest BCUT2D eigenvalue weighted by molar-refractivity contribution is 7.91. The van der Waals surface area contributed by atoms with Crippen LogP contribution in [0.3, 0.4) is 0 Å². The van der Waals surface area contributed by atoms with Gasteiger partial charge in [0.1, 0.15) is 4.90 Å². The van der Waals surface area contributed by atoms with Crippen LogP contribution < -0.4 is 0 Å². The predicted molar refractivity (Wildman–Crippen MR) is 88.8 cm³/mol. The monoisotopic (exact) mass is 324 g/mol. The number of aryl methyl sites for hydroxylation is 2. The van der Waals surface area contributed by atoms with E-state index in [2.05, 4.69) is 9.97 Å². The van der Waals surface area contributed by atoms with Crippen molar-refractivity contribution >= 4 is 9.84 Å². The average Bonchev–Trinajstić information content (AvgIpc) is 2.56. The Bertz CT molecular complexity index is 935. The fourth-order valence-corrected chi connectivity index (χ4v) is 3.66. The van der Waals surface area contributed by atoms with Gasteiger partial charge >= 0.3 is 0 Å². The molecule has 23 heavy (non-hydrogen) atoms. The van der Waals surface area contributed by atoms with E-state index in [-0.39, 0.29) is 9.79 Å². The largest absolute Gasteiger partial charge is 0.235 e. The summed E-state index contributed by atoms with van der Waals surface area (Å²) in [4.78, 5) is 8.98. The Balaban J connectivity index is 2.05. The van der Waals surface area contributed by atoms with Gasteiger partial charge in [0.25, 0.3) is 0 Å². The molecule has 5 heteroatoms. The molecule has 0 bridgehead atoms. The molecule has 0 amide bonds. The van der Waals surface area contributed by atoms with Gasteiger partial charge in [-0.15, -0.1) is 0 Å². The van der Waals surface area contributed by atoms with E-state index in [1.54, 1.807) is 31.2 Å². The Labute approximate surface area is 135 Å². The Morgan fingerprint density at radius 1 is 0.870 bits per heavy atom. The maximum atomic E-state index is 12.7. The Kier molecular flexibility index (Phi) is 3.96. The van der Waals surface area contributed by atoms with Crippen LogP contribution >= 0.6 is 0 Å². The van der Waals surface area contributed by atoms with E-state index in [1.165, 1.54) is 6.20 Å². The molecule has 0 aliphatic rings. The van der Waals surface area contributed by atoms with E-state index < -0.39 is 9.84 Å². The number of hydrogen-bond donors (Lipinski definition) is 0.